The van der Waals surface area contributed by atoms with Crippen LogP contribution in [0.4, 0.5) is 10.1 Å². The van der Waals surface area contributed by atoms with Crippen LogP contribution < -0.4 is 5.32 Å². The summed E-state index contributed by atoms with van der Waals surface area (Å²) in [6.45, 7) is 3.66. The van der Waals surface area contributed by atoms with Crippen molar-refractivity contribution in [2.75, 3.05) is 11.1 Å². The maximum absolute atomic E-state index is 13.8. The van der Waals surface area contributed by atoms with Gasteiger partial charge in [-0.3, -0.25) is 9.59 Å². The zero-order valence-corrected chi connectivity index (χ0v) is 14.1. The van der Waals surface area contributed by atoms with Gasteiger partial charge in [0, 0.05) is 17.0 Å². The van der Waals surface area contributed by atoms with Gasteiger partial charge in [0.15, 0.2) is 0 Å². The van der Waals surface area contributed by atoms with Crippen LogP contribution in [0.1, 0.15) is 22.6 Å². The van der Waals surface area contributed by atoms with Gasteiger partial charge in [0.25, 0.3) is 0 Å². The molecule has 128 valence electrons. The molecule has 1 aromatic carbocycles. The molecule has 0 aliphatic carbocycles. The van der Waals surface area contributed by atoms with E-state index in [9.17, 15) is 14.0 Å². The zero-order valence-electron chi connectivity index (χ0n) is 13.3. The van der Waals surface area contributed by atoms with Crippen molar-refractivity contribution in [3.8, 4) is 0 Å². The van der Waals surface area contributed by atoms with E-state index in [1.807, 2.05) is 13.8 Å². The molecule has 0 radical (unpaired) electrons. The Hall–Kier alpha value is -2.35. The molecule has 2 rings (SSSR count). The lowest BCUT2D eigenvalue weighted by Crippen LogP contribution is -2.14. The van der Waals surface area contributed by atoms with E-state index < -0.39 is 18.2 Å². The molecule has 0 fully saturated rings. The fraction of sp³-hybridized carbons (Fsp3) is 0.312. The average Bonchev–Trinajstić information content (AvgIpc) is 2.81. The lowest BCUT2D eigenvalue weighted by atomic mass is 10.1. The Balaban J connectivity index is 1.86. The minimum atomic E-state index is -1.11. The standard InChI is InChI=1S/C16H17FN2O4S/c1-9-13(10(2)23-19-9)7-24-8-15(20)18-12-4-3-11(5-16(21)22)14(17)6-12/h3-4,6H,5,7-8H2,1-2H3,(H,18,20)(H,21,22). The van der Waals surface area contributed by atoms with E-state index in [0.29, 0.717) is 11.4 Å². The monoisotopic (exact) mass is 352 g/mol. The molecule has 1 amide bonds. The molecule has 24 heavy (non-hydrogen) atoms. The summed E-state index contributed by atoms with van der Waals surface area (Å²) in [4.78, 5) is 22.5. The minimum absolute atomic E-state index is 0.0771. The van der Waals surface area contributed by atoms with Gasteiger partial charge < -0.3 is 14.9 Å². The fourth-order valence-electron chi connectivity index (χ4n) is 2.08. The highest BCUT2D eigenvalue weighted by Gasteiger charge is 2.12. The van der Waals surface area contributed by atoms with Crippen molar-refractivity contribution >= 4 is 29.3 Å². The molecular weight excluding hydrogens is 335 g/mol. The molecular formula is C16H17FN2O4S. The van der Waals surface area contributed by atoms with Crippen molar-refractivity contribution in [2.24, 2.45) is 0 Å². The number of thioether (sulfide) groups is 1. The Kier molecular flexibility index (Phi) is 5.97. The van der Waals surface area contributed by atoms with Crippen LogP contribution in [-0.2, 0) is 21.8 Å². The summed E-state index contributed by atoms with van der Waals surface area (Å²) in [5.74, 6) is -0.503. The molecule has 1 aromatic heterocycles. The van der Waals surface area contributed by atoms with E-state index in [0.717, 1.165) is 23.1 Å². The number of carbonyl (C=O) groups is 2. The Morgan fingerprint density at radius 2 is 2.12 bits per heavy atom. The van der Waals surface area contributed by atoms with Gasteiger partial charge in [0.1, 0.15) is 11.6 Å². The first-order chi connectivity index (χ1) is 11.4. The summed E-state index contributed by atoms with van der Waals surface area (Å²) in [7, 11) is 0. The van der Waals surface area contributed by atoms with Gasteiger partial charge in [0.05, 0.1) is 17.9 Å². The lowest BCUT2D eigenvalue weighted by molar-refractivity contribution is -0.136. The number of halogens is 1. The van der Waals surface area contributed by atoms with Crippen LogP contribution in [0.3, 0.4) is 0 Å². The minimum Gasteiger partial charge on any atom is -0.481 e. The molecule has 0 spiro atoms. The highest BCUT2D eigenvalue weighted by molar-refractivity contribution is 7.99. The van der Waals surface area contributed by atoms with Gasteiger partial charge in [-0.1, -0.05) is 11.2 Å². The van der Waals surface area contributed by atoms with Crippen LogP contribution in [0.25, 0.3) is 0 Å². The molecule has 0 saturated carbocycles. The van der Waals surface area contributed by atoms with Gasteiger partial charge in [-0.15, -0.1) is 11.8 Å². The topological polar surface area (TPSA) is 92.4 Å². The molecule has 2 N–H and O–H groups in total. The van der Waals surface area contributed by atoms with E-state index in [4.69, 9.17) is 9.63 Å². The number of benzene rings is 1. The summed E-state index contributed by atoms with van der Waals surface area (Å²) < 4.78 is 18.8. The molecule has 8 heteroatoms. The Morgan fingerprint density at radius 3 is 2.71 bits per heavy atom. The van der Waals surface area contributed by atoms with Crippen LogP contribution >= 0.6 is 11.8 Å². The molecule has 0 aliphatic rings. The third-order valence-corrected chi connectivity index (χ3v) is 4.30. The highest BCUT2D eigenvalue weighted by atomic mass is 32.2. The quantitative estimate of drug-likeness (QED) is 0.796. The summed E-state index contributed by atoms with van der Waals surface area (Å²) in [6, 6.07) is 3.96. The fourth-order valence-corrected chi connectivity index (χ4v) is 3.06. The van der Waals surface area contributed by atoms with Crippen LogP contribution in [0.15, 0.2) is 22.7 Å². The van der Waals surface area contributed by atoms with Crippen molar-refractivity contribution in [1.82, 2.24) is 5.16 Å². The summed E-state index contributed by atoms with van der Waals surface area (Å²) in [5.41, 5.74) is 2.14. The van der Waals surface area contributed by atoms with Gasteiger partial charge in [-0.25, -0.2) is 4.39 Å². The molecule has 0 unspecified atom stereocenters. The maximum atomic E-state index is 13.8. The smallest absolute Gasteiger partial charge is 0.307 e. The number of aryl methyl sites for hydroxylation is 2. The predicted molar refractivity (Wildman–Crippen MR) is 88.5 cm³/mol. The second-order valence-electron chi connectivity index (χ2n) is 5.22. The van der Waals surface area contributed by atoms with Crippen LogP contribution in [0.5, 0.6) is 0 Å². The van der Waals surface area contributed by atoms with Gasteiger partial charge in [-0.2, -0.15) is 0 Å². The third-order valence-electron chi connectivity index (χ3n) is 3.34. The van der Waals surface area contributed by atoms with E-state index in [2.05, 4.69) is 10.5 Å². The Morgan fingerprint density at radius 1 is 1.38 bits per heavy atom. The Labute approximate surface area is 142 Å². The molecule has 2 aromatic rings. The number of carboxylic acids is 1. The molecule has 0 atom stereocenters. The number of anilines is 1. The van der Waals surface area contributed by atoms with Gasteiger partial charge in [0.2, 0.25) is 5.91 Å². The molecule has 1 heterocycles. The van der Waals surface area contributed by atoms with E-state index in [1.165, 1.54) is 23.9 Å². The first-order valence-electron chi connectivity index (χ1n) is 7.16. The van der Waals surface area contributed by atoms with Crippen molar-refractivity contribution < 1.29 is 23.6 Å². The number of nitrogens with one attached hydrogen (secondary N) is 1. The zero-order chi connectivity index (χ0) is 17.7. The normalized spacial score (nSPS) is 10.6. The number of aliphatic carboxylic acids is 1. The number of nitrogens with zero attached hydrogens (tertiary/aromatic N) is 1. The molecule has 0 bridgehead atoms. The van der Waals surface area contributed by atoms with Crippen LogP contribution in [0.2, 0.25) is 0 Å². The number of rotatable bonds is 7. The number of carboxylic acid groups (broad SMARTS) is 1. The number of aromatic nitrogens is 1. The summed E-state index contributed by atoms with van der Waals surface area (Å²) in [6.07, 6.45) is -0.395. The predicted octanol–water partition coefficient (Wildman–Crippen LogP) is 2.93. The second kappa shape index (κ2) is 7.96. The van der Waals surface area contributed by atoms with Gasteiger partial charge in [-0.05, 0) is 31.5 Å². The van der Waals surface area contributed by atoms with Gasteiger partial charge >= 0.3 is 5.97 Å². The van der Waals surface area contributed by atoms with Crippen LogP contribution in [-0.4, -0.2) is 27.9 Å². The maximum Gasteiger partial charge on any atom is 0.307 e. The molecule has 0 saturated heterocycles. The first-order valence-corrected chi connectivity index (χ1v) is 8.32. The lowest BCUT2D eigenvalue weighted by Gasteiger charge is -2.07. The Bertz CT molecular complexity index is 741. The number of hydrogen-bond acceptors (Lipinski definition) is 5. The largest absolute Gasteiger partial charge is 0.481 e. The SMILES string of the molecule is Cc1noc(C)c1CSCC(=O)Nc1ccc(CC(=O)O)c(F)c1. The van der Waals surface area contributed by atoms with Crippen molar-refractivity contribution in [3.05, 3.63) is 46.6 Å². The second-order valence-corrected chi connectivity index (χ2v) is 6.21. The molecule has 6 nitrogen and oxygen atoms in total. The summed E-state index contributed by atoms with van der Waals surface area (Å²) in [5, 5.41) is 15.1. The van der Waals surface area contributed by atoms with E-state index in [1.54, 1.807) is 0 Å². The average molecular weight is 352 g/mol. The molecule has 0 aliphatic heterocycles. The number of carbonyl (C=O) groups excluding carboxylic acids is 1. The van der Waals surface area contributed by atoms with Crippen LogP contribution in [0, 0.1) is 19.7 Å². The number of hydrogen-bond donors (Lipinski definition) is 2. The number of amides is 1. The summed E-state index contributed by atoms with van der Waals surface area (Å²) >= 11 is 1.40. The van der Waals surface area contributed by atoms with E-state index in [-0.39, 0.29) is 17.2 Å². The highest BCUT2D eigenvalue weighted by Crippen LogP contribution is 2.20. The van der Waals surface area contributed by atoms with Crippen molar-refractivity contribution in [1.29, 1.82) is 0 Å². The first kappa shape index (κ1) is 18.0. The van der Waals surface area contributed by atoms with Crippen molar-refractivity contribution in [3.63, 3.8) is 0 Å². The van der Waals surface area contributed by atoms with E-state index >= 15 is 0 Å². The third kappa shape index (κ3) is 4.82. The van der Waals surface area contributed by atoms with Crippen molar-refractivity contribution in [2.45, 2.75) is 26.0 Å².